The number of aromatic amines is 1. The van der Waals surface area contributed by atoms with Gasteiger partial charge < -0.3 is 4.98 Å². The maximum absolute atomic E-state index is 5.95. The molecule has 0 unspecified atom stereocenters. The summed E-state index contributed by atoms with van der Waals surface area (Å²) in [6.45, 7) is 0. The Kier molecular flexibility index (Phi) is 2.31. The number of benzene rings is 1. The summed E-state index contributed by atoms with van der Waals surface area (Å²) in [6, 6.07) is 5.65. The van der Waals surface area contributed by atoms with E-state index in [1.807, 2.05) is 36.0 Å². The molecular formula is C11H9ClN4S. The molecule has 4 nitrogen and oxygen atoms in total. The summed E-state index contributed by atoms with van der Waals surface area (Å²) >= 11 is 11.3. The van der Waals surface area contributed by atoms with E-state index in [1.165, 1.54) is 0 Å². The van der Waals surface area contributed by atoms with Gasteiger partial charge in [0, 0.05) is 18.3 Å². The van der Waals surface area contributed by atoms with E-state index < -0.39 is 0 Å². The summed E-state index contributed by atoms with van der Waals surface area (Å²) in [6.07, 6.45) is 3.69. The number of hydrogen-bond acceptors (Lipinski definition) is 2. The largest absolute Gasteiger partial charge is 0.330 e. The first-order chi connectivity index (χ1) is 8.15. The fraction of sp³-hybridized carbons (Fsp3) is 0.0909. The molecule has 0 saturated carbocycles. The van der Waals surface area contributed by atoms with Crippen LogP contribution in [0.3, 0.4) is 0 Å². The minimum Gasteiger partial charge on any atom is -0.330 e. The summed E-state index contributed by atoms with van der Waals surface area (Å²) in [4.78, 5) is 3.13. The first kappa shape index (κ1) is 10.6. The second kappa shape index (κ2) is 3.72. The van der Waals surface area contributed by atoms with Crippen LogP contribution in [-0.2, 0) is 7.05 Å². The summed E-state index contributed by atoms with van der Waals surface area (Å²) in [7, 11) is 1.87. The average molecular weight is 265 g/mol. The third kappa shape index (κ3) is 1.67. The van der Waals surface area contributed by atoms with Gasteiger partial charge in [-0.15, -0.1) is 0 Å². The molecule has 0 aliphatic heterocycles. The van der Waals surface area contributed by atoms with Crippen LogP contribution in [0.5, 0.6) is 0 Å². The van der Waals surface area contributed by atoms with E-state index in [0.717, 1.165) is 16.7 Å². The number of H-pyrrole nitrogens is 1. The maximum atomic E-state index is 5.95. The van der Waals surface area contributed by atoms with Crippen LogP contribution in [0.4, 0.5) is 0 Å². The molecule has 0 atom stereocenters. The van der Waals surface area contributed by atoms with E-state index in [9.17, 15) is 0 Å². The van der Waals surface area contributed by atoms with Gasteiger partial charge in [0.2, 0.25) is 0 Å². The number of nitrogens with one attached hydrogen (secondary N) is 1. The highest BCUT2D eigenvalue weighted by Crippen LogP contribution is 2.22. The van der Waals surface area contributed by atoms with Gasteiger partial charge >= 0.3 is 0 Å². The Morgan fingerprint density at radius 1 is 1.41 bits per heavy atom. The van der Waals surface area contributed by atoms with Crippen LogP contribution in [-0.4, -0.2) is 19.3 Å². The predicted octanol–water partition coefficient (Wildman–Crippen LogP) is 3.07. The van der Waals surface area contributed by atoms with Crippen molar-refractivity contribution in [3.05, 3.63) is 40.4 Å². The third-order valence-corrected chi connectivity index (χ3v) is 3.11. The highest BCUT2D eigenvalue weighted by atomic mass is 35.5. The smallest absolute Gasteiger partial charge is 0.182 e. The van der Waals surface area contributed by atoms with Crippen LogP contribution < -0.4 is 0 Å². The Hall–Kier alpha value is -1.59. The number of aromatic nitrogens is 4. The summed E-state index contributed by atoms with van der Waals surface area (Å²) in [5.41, 5.74) is 2.85. The topological polar surface area (TPSA) is 38.5 Å². The lowest BCUT2D eigenvalue weighted by Crippen LogP contribution is -1.92. The minimum atomic E-state index is 0.635. The van der Waals surface area contributed by atoms with Crippen LogP contribution in [0.1, 0.15) is 0 Å². The second-order valence-corrected chi connectivity index (χ2v) is 4.62. The molecule has 0 aliphatic carbocycles. The van der Waals surface area contributed by atoms with E-state index in [0.29, 0.717) is 9.79 Å². The van der Waals surface area contributed by atoms with Gasteiger partial charge in [0.15, 0.2) is 4.77 Å². The molecule has 0 amide bonds. The fourth-order valence-corrected chi connectivity index (χ4v) is 2.35. The van der Waals surface area contributed by atoms with Crippen molar-refractivity contribution in [2.45, 2.75) is 0 Å². The number of hydrogen-bond donors (Lipinski definition) is 1. The molecule has 3 rings (SSSR count). The Bertz CT molecular complexity index is 752. The molecule has 2 aromatic heterocycles. The number of nitrogens with zero attached hydrogens (tertiary/aromatic N) is 3. The van der Waals surface area contributed by atoms with Gasteiger partial charge in [-0.2, -0.15) is 5.10 Å². The standard InChI is InChI=1S/C11H9ClN4S/c1-15-6-8(5-13-15)16-10-3-2-7(12)4-9(10)14-11(16)17/h2-6H,1H3,(H,14,17). The summed E-state index contributed by atoms with van der Waals surface area (Å²) in [5, 5.41) is 4.83. The lowest BCUT2D eigenvalue weighted by molar-refractivity contribution is 0.767. The van der Waals surface area contributed by atoms with Crippen LogP contribution >= 0.6 is 23.8 Å². The fourth-order valence-electron chi connectivity index (χ4n) is 1.86. The molecule has 0 bridgehead atoms. The Morgan fingerprint density at radius 3 is 2.94 bits per heavy atom. The molecule has 6 heteroatoms. The Labute approximate surface area is 107 Å². The zero-order valence-corrected chi connectivity index (χ0v) is 10.6. The SMILES string of the molecule is Cn1cc(-n2c(=S)[nH]c3cc(Cl)ccc32)cn1. The Morgan fingerprint density at radius 2 is 2.24 bits per heavy atom. The molecule has 0 aliphatic rings. The first-order valence-corrected chi connectivity index (χ1v) is 5.83. The molecule has 3 aromatic rings. The normalized spacial score (nSPS) is 11.2. The molecule has 0 saturated heterocycles. The van der Waals surface area contributed by atoms with Crippen molar-refractivity contribution >= 4 is 34.9 Å². The van der Waals surface area contributed by atoms with Crippen LogP contribution in [0.2, 0.25) is 5.02 Å². The van der Waals surface area contributed by atoms with Crippen LogP contribution in [0, 0.1) is 4.77 Å². The lowest BCUT2D eigenvalue weighted by Gasteiger charge is -1.99. The van der Waals surface area contributed by atoms with Crippen molar-refractivity contribution in [2.24, 2.45) is 7.05 Å². The molecule has 0 radical (unpaired) electrons. The summed E-state index contributed by atoms with van der Waals surface area (Å²) < 4.78 is 4.31. The molecule has 2 heterocycles. The van der Waals surface area contributed by atoms with E-state index in [-0.39, 0.29) is 0 Å². The molecule has 1 N–H and O–H groups in total. The van der Waals surface area contributed by atoms with Gasteiger partial charge in [-0.1, -0.05) is 11.6 Å². The predicted molar refractivity (Wildman–Crippen MR) is 70.2 cm³/mol. The van der Waals surface area contributed by atoms with E-state index in [4.69, 9.17) is 23.8 Å². The van der Waals surface area contributed by atoms with Crippen molar-refractivity contribution in [3.63, 3.8) is 0 Å². The second-order valence-electron chi connectivity index (χ2n) is 3.80. The van der Waals surface area contributed by atoms with E-state index in [1.54, 1.807) is 10.9 Å². The Balaban J connectivity index is 2.36. The molecule has 1 aromatic carbocycles. The van der Waals surface area contributed by atoms with Gasteiger partial charge in [0.25, 0.3) is 0 Å². The summed E-state index contributed by atoms with van der Waals surface area (Å²) in [5.74, 6) is 0. The number of halogens is 1. The van der Waals surface area contributed by atoms with Crippen molar-refractivity contribution in [3.8, 4) is 5.69 Å². The van der Waals surface area contributed by atoms with Gasteiger partial charge in [-0.3, -0.25) is 9.25 Å². The van der Waals surface area contributed by atoms with Crippen molar-refractivity contribution < 1.29 is 0 Å². The van der Waals surface area contributed by atoms with Gasteiger partial charge in [0.05, 0.1) is 22.9 Å². The third-order valence-electron chi connectivity index (χ3n) is 2.59. The van der Waals surface area contributed by atoms with Gasteiger partial charge in [0.1, 0.15) is 0 Å². The maximum Gasteiger partial charge on any atom is 0.182 e. The van der Waals surface area contributed by atoms with Crippen molar-refractivity contribution in [2.75, 3.05) is 0 Å². The number of rotatable bonds is 1. The zero-order valence-electron chi connectivity index (χ0n) is 9.01. The molecule has 17 heavy (non-hydrogen) atoms. The van der Waals surface area contributed by atoms with Crippen molar-refractivity contribution in [1.29, 1.82) is 0 Å². The molecular weight excluding hydrogens is 256 g/mol. The number of imidazole rings is 1. The number of fused-ring (bicyclic) bond motifs is 1. The van der Waals surface area contributed by atoms with Crippen LogP contribution in [0.15, 0.2) is 30.6 Å². The quantitative estimate of drug-likeness (QED) is 0.686. The molecule has 0 spiro atoms. The number of aryl methyl sites for hydroxylation is 1. The van der Waals surface area contributed by atoms with Gasteiger partial charge in [-0.25, -0.2) is 0 Å². The van der Waals surface area contributed by atoms with E-state index >= 15 is 0 Å². The van der Waals surface area contributed by atoms with Crippen molar-refractivity contribution in [1.82, 2.24) is 19.3 Å². The highest BCUT2D eigenvalue weighted by Gasteiger charge is 2.08. The highest BCUT2D eigenvalue weighted by molar-refractivity contribution is 7.71. The van der Waals surface area contributed by atoms with Crippen LogP contribution in [0.25, 0.3) is 16.7 Å². The zero-order chi connectivity index (χ0) is 12.0. The molecule has 86 valence electrons. The average Bonchev–Trinajstić information content (AvgIpc) is 2.80. The van der Waals surface area contributed by atoms with E-state index in [2.05, 4.69) is 10.1 Å². The lowest BCUT2D eigenvalue weighted by atomic mass is 10.3. The van der Waals surface area contributed by atoms with Gasteiger partial charge in [-0.05, 0) is 30.4 Å². The molecule has 0 fully saturated rings. The monoisotopic (exact) mass is 264 g/mol. The minimum absolute atomic E-state index is 0.635. The first-order valence-electron chi connectivity index (χ1n) is 5.04.